The molecule has 0 fully saturated rings. The largest absolute Gasteiger partial charge is 0.0919 e. The molecule has 82 valence electrons. The first-order valence-electron chi connectivity index (χ1n) is 5.40. The van der Waals surface area contributed by atoms with Crippen LogP contribution in [0.1, 0.15) is 13.8 Å². The zero-order chi connectivity index (χ0) is 11.6. The maximum absolute atomic E-state index is 2.50. The fourth-order valence-electron chi connectivity index (χ4n) is 1.53. The van der Waals surface area contributed by atoms with Crippen LogP contribution in [0.15, 0.2) is 22.5 Å². The minimum atomic E-state index is -1.05. The van der Waals surface area contributed by atoms with Gasteiger partial charge in [0, 0.05) is 0 Å². The Balaban J connectivity index is 4.81. The predicted octanol–water partition coefficient (Wildman–Crippen LogP) is 4.63. The molecule has 0 aromatic rings. The zero-order valence-corrected chi connectivity index (χ0v) is 13.2. The minimum Gasteiger partial charge on any atom is -0.0919 e. The first kappa shape index (κ1) is 13.9. The Morgan fingerprint density at radius 1 is 0.643 bits per heavy atom. The summed E-state index contributed by atoms with van der Waals surface area (Å²) in [6, 6.07) is 0. The molecular weight excluding hydrogens is 200 g/mol. The topological polar surface area (TPSA) is 0 Å². The molecule has 0 nitrogen and oxygen atoms in total. The van der Waals surface area contributed by atoms with Gasteiger partial charge in [0.25, 0.3) is 0 Å². The number of allylic oxidation sites excluding steroid dienone is 2. The summed E-state index contributed by atoms with van der Waals surface area (Å²) < 4.78 is 0. The maximum atomic E-state index is 2.50. The Hall–Kier alpha value is -0.0862. The van der Waals surface area contributed by atoms with Gasteiger partial charge in [0.15, 0.2) is 0 Å². The van der Waals surface area contributed by atoms with E-state index in [0.29, 0.717) is 0 Å². The van der Waals surface area contributed by atoms with E-state index in [0.717, 1.165) is 0 Å². The van der Waals surface area contributed by atoms with Crippen LogP contribution in [0.25, 0.3) is 0 Å². The van der Waals surface area contributed by atoms with E-state index in [9.17, 15) is 0 Å². The van der Waals surface area contributed by atoms with E-state index >= 15 is 0 Å². The highest BCUT2D eigenvalue weighted by molar-refractivity contribution is 6.81. The molecule has 0 rings (SSSR count). The lowest BCUT2D eigenvalue weighted by atomic mass is 10.2. The molecule has 0 aromatic carbocycles. The Kier molecular flexibility index (Phi) is 4.59. The highest BCUT2D eigenvalue weighted by atomic mass is 28.3. The van der Waals surface area contributed by atoms with Gasteiger partial charge in [0.05, 0.1) is 16.1 Å². The van der Waals surface area contributed by atoms with Crippen molar-refractivity contribution in [1.82, 2.24) is 0 Å². The van der Waals surface area contributed by atoms with Gasteiger partial charge in [-0.15, -0.1) is 0 Å². The van der Waals surface area contributed by atoms with E-state index in [2.05, 4.69) is 64.5 Å². The van der Waals surface area contributed by atoms with Crippen LogP contribution in [0, 0.1) is 0 Å². The second kappa shape index (κ2) is 4.62. The molecule has 0 radical (unpaired) electrons. The second-order valence-corrected chi connectivity index (χ2v) is 16.4. The first-order valence-corrected chi connectivity index (χ1v) is 12.6. The van der Waals surface area contributed by atoms with Gasteiger partial charge >= 0.3 is 0 Å². The molecule has 0 atom stereocenters. The Bertz CT molecular complexity index is 218. The normalized spacial score (nSPS) is 16.0. The third-order valence-electron chi connectivity index (χ3n) is 1.92. The smallest absolute Gasteiger partial charge is 0.0690 e. The number of hydrogen-bond acceptors (Lipinski definition) is 0. The second-order valence-electron chi connectivity index (χ2n) is 6.39. The van der Waals surface area contributed by atoms with E-state index in [4.69, 9.17) is 0 Å². The molecule has 0 heterocycles. The minimum absolute atomic E-state index is 1.05. The lowest BCUT2D eigenvalue weighted by Gasteiger charge is -2.15. The third kappa shape index (κ3) is 7.33. The summed E-state index contributed by atoms with van der Waals surface area (Å²) in [5.41, 5.74) is 7.98. The van der Waals surface area contributed by atoms with Crippen LogP contribution < -0.4 is 0 Å². The van der Waals surface area contributed by atoms with Gasteiger partial charge in [-0.25, -0.2) is 0 Å². The van der Waals surface area contributed by atoms with Gasteiger partial charge in [0.1, 0.15) is 0 Å². The lowest BCUT2D eigenvalue weighted by Crippen LogP contribution is -2.19. The van der Waals surface area contributed by atoms with Crippen molar-refractivity contribution < 1.29 is 0 Å². The van der Waals surface area contributed by atoms with Crippen LogP contribution in [0.4, 0.5) is 0 Å². The van der Waals surface area contributed by atoms with Gasteiger partial charge in [-0.2, -0.15) is 0 Å². The monoisotopic (exact) mass is 226 g/mol. The van der Waals surface area contributed by atoms with E-state index in [-0.39, 0.29) is 0 Å². The van der Waals surface area contributed by atoms with Crippen molar-refractivity contribution >= 4 is 16.1 Å². The molecule has 0 aromatic heterocycles. The number of hydrogen-bond donors (Lipinski definition) is 0. The molecule has 0 N–H and O–H groups in total. The van der Waals surface area contributed by atoms with Crippen molar-refractivity contribution in [2.75, 3.05) is 0 Å². The molecular formula is C12H26Si2. The lowest BCUT2D eigenvalue weighted by molar-refractivity contribution is 1.35. The summed E-state index contributed by atoms with van der Waals surface area (Å²) in [6.07, 6.45) is 0. The Morgan fingerprint density at radius 3 is 1.00 bits per heavy atom. The molecule has 14 heavy (non-hydrogen) atoms. The summed E-state index contributed by atoms with van der Waals surface area (Å²) >= 11 is 0. The predicted molar refractivity (Wildman–Crippen MR) is 74.2 cm³/mol. The molecule has 0 aliphatic rings. The third-order valence-corrected chi connectivity index (χ3v) is 4.52. The highest BCUT2D eigenvalue weighted by Crippen LogP contribution is 2.16. The molecule has 0 amide bonds. The SMILES string of the molecule is CC(=C\[Si](C)(C)C)/C(C)=C/[Si](C)(C)C. The standard InChI is InChI=1S/C12H26Si2/c1-11(9-13(3,4)5)12(2)10-14(6,7)8/h9-10H,1-8H3/b11-9+,12-10+. The van der Waals surface area contributed by atoms with Gasteiger partial charge < -0.3 is 0 Å². The van der Waals surface area contributed by atoms with Crippen LogP contribution in [-0.2, 0) is 0 Å². The molecule has 0 spiro atoms. The average Bonchev–Trinajstić information content (AvgIpc) is 1.78. The Labute approximate surface area is 92.1 Å². The van der Waals surface area contributed by atoms with Crippen molar-refractivity contribution in [1.29, 1.82) is 0 Å². The molecule has 2 heteroatoms. The van der Waals surface area contributed by atoms with Crippen molar-refractivity contribution in [3.63, 3.8) is 0 Å². The molecule has 0 aliphatic heterocycles. The quantitative estimate of drug-likeness (QED) is 0.486. The van der Waals surface area contributed by atoms with Crippen molar-refractivity contribution in [3.05, 3.63) is 22.5 Å². The van der Waals surface area contributed by atoms with E-state index in [1.807, 2.05) is 0 Å². The molecule has 0 unspecified atom stereocenters. The Morgan fingerprint density at radius 2 is 0.857 bits per heavy atom. The summed E-state index contributed by atoms with van der Waals surface area (Å²) in [7, 11) is -2.09. The summed E-state index contributed by atoms with van der Waals surface area (Å²) in [6.45, 7) is 18.8. The maximum Gasteiger partial charge on any atom is 0.0690 e. The molecule has 0 saturated carbocycles. The summed E-state index contributed by atoms with van der Waals surface area (Å²) in [5, 5.41) is 0. The molecule has 0 aliphatic carbocycles. The van der Waals surface area contributed by atoms with E-state index < -0.39 is 16.1 Å². The first-order chi connectivity index (χ1) is 6.01. The van der Waals surface area contributed by atoms with E-state index in [1.54, 1.807) is 0 Å². The fraction of sp³-hybridized carbons (Fsp3) is 0.667. The molecule has 0 saturated heterocycles. The van der Waals surface area contributed by atoms with Gasteiger partial charge in [-0.05, 0) is 13.8 Å². The van der Waals surface area contributed by atoms with Crippen molar-refractivity contribution in [2.45, 2.75) is 53.1 Å². The highest BCUT2D eigenvalue weighted by Gasteiger charge is 2.12. The van der Waals surface area contributed by atoms with Crippen LogP contribution in [0.2, 0.25) is 39.3 Å². The van der Waals surface area contributed by atoms with Gasteiger partial charge in [-0.3, -0.25) is 0 Å². The fourth-order valence-corrected chi connectivity index (χ4v) is 4.58. The van der Waals surface area contributed by atoms with Crippen molar-refractivity contribution in [3.8, 4) is 0 Å². The van der Waals surface area contributed by atoms with Crippen LogP contribution in [0.3, 0.4) is 0 Å². The summed E-state index contributed by atoms with van der Waals surface area (Å²) in [4.78, 5) is 0. The van der Waals surface area contributed by atoms with Crippen molar-refractivity contribution in [2.24, 2.45) is 0 Å². The van der Waals surface area contributed by atoms with Gasteiger partial charge in [0.2, 0.25) is 0 Å². The van der Waals surface area contributed by atoms with Crippen LogP contribution in [0.5, 0.6) is 0 Å². The van der Waals surface area contributed by atoms with Gasteiger partial charge in [-0.1, -0.05) is 61.8 Å². The average molecular weight is 227 g/mol. The molecule has 0 bridgehead atoms. The summed E-state index contributed by atoms with van der Waals surface area (Å²) in [5.74, 6) is 0. The number of rotatable bonds is 3. The van der Waals surface area contributed by atoms with E-state index in [1.165, 1.54) is 11.1 Å². The van der Waals surface area contributed by atoms with Crippen LogP contribution in [-0.4, -0.2) is 16.1 Å². The zero-order valence-electron chi connectivity index (χ0n) is 11.2. The van der Waals surface area contributed by atoms with Crippen LogP contribution >= 0.6 is 0 Å².